The molecule has 0 bridgehead atoms. The fraction of sp³-hybridized carbons (Fsp3) is 0.154. The van der Waals surface area contributed by atoms with Crippen molar-refractivity contribution in [3.05, 3.63) is 102 Å². The van der Waals surface area contributed by atoms with Crippen molar-refractivity contribution in [2.24, 2.45) is 0 Å². The molecule has 0 aliphatic carbocycles. The number of hydrogen-bond acceptors (Lipinski definition) is 4. The lowest BCUT2D eigenvalue weighted by molar-refractivity contribution is -0.134. The Balaban J connectivity index is 1.42. The van der Waals surface area contributed by atoms with E-state index in [4.69, 9.17) is 4.42 Å². The Morgan fingerprint density at radius 2 is 1.59 bits per heavy atom. The smallest absolute Gasteiger partial charge is 0.242 e. The molecular formula is C26H24N2O4. The predicted octanol–water partition coefficient (Wildman–Crippen LogP) is 4.03. The molecular weight excluding hydrogens is 404 g/mol. The van der Waals surface area contributed by atoms with E-state index in [1.807, 2.05) is 42.5 Å². The Hall–Kier alpha value is -4.06. The number of nitrogens with zero attached hydrogens (tertiary/aromatic N) is 1. The first kappa shape index (κ1) is 21.2. The van der Waals surface area contributed by atoms with E-state index in [2.05, 4.69) is 5.32 Å². The van der Waals surface area contributed by atoms with Crippen LogP contribution in [0.3, 0.4) is 0 Å². The third kappa shape index (κ3) is 5.16. The number of rotatable bonds is 8. The number of carbonyl (C=O) groups is 2. The fourth-order valence-corrected chi connectivity index (χ4v) is 3.64. The van der Waals surface area contributed by atoms with E-state index in [0.29, 0.717) is 11.3 Å². The summed E-state index contributed by atoms with van der Waals surface area (Å²) in [5, 5.41) is 14.9. The van der Waals surface area contributed by atoms with Gasteiger partial charge in [-0.15, -0.1) is 0 Å². The van der Waals surface area contributed by atoms with Gasteiger partial charge in [-0.3, -0.25) is 9.59 Å². The standard InChI is InChI=1S/C26H24N2O4/c29-24-13-4-2-8-21(24)17-28(18-22-11-6-14-32-22)26(31)16-27-25(30)15-20-10-5-9-19-7-1-3-12-23(19)20/h1-14,29H,15-18H2,(H,27,30). The van der Waals surface area contributed by atoms with Crippen LogP contribution in [-0.4, -0.2) is 28.4 Å². The summed E-state index contributed by atoms with van der Waals surface area (Å²) in [4.78, 5) is 27.1. The van der Waals surface area contributed by atoms with Gasteiger partial charge in [0.05, 0.1) is 25.8 Å². The van der Waals surface area contributed by atoms with E-state index >= 15 is 0 Å². The number of fused-ring (bicyclic) bond motifs is 1. The van der Waals surface area contributed by atoms with Gasteiger partial charge in [-0.1, -0.05) is 60.7 Å². The van der Waals surface area contributed by atoms with Gasteiger partial charge in [-0.2, -0.15) is 0 Å². The molecule has 0 saturated carbocycles. The number of hydrogen-bond donors (Lipinski definition) is 2. The first-order valence-corrected chi connectivity index (χ1v) is 10.4. The zero-order valence-corrected chi connectivity index (χ0v) is 17.5. The predicted molar refractivity (Wildman–Crippen MR) is 122 cm³/mol. The van der Waals surface area contributed by atoms with E-state index in [-0.39, 0.29) is 43.6 Å². The number of para-hydroxylation sites is 1. The Labute approximate surface area is 186 Å². The lowest BCUT2D eigenvalue weighted by atomic mass is 10.0. The first-order valence-electron chi connectivity index (χ1n) is 10.4. The van der Waals surface area contributed by atoms with Crippen LogP contribution in [0.15, 0.2) is 89.5 Å². The molecule has 6 heteroatoms. The lowest BCUT2D eigenvalue weighted by Gasteiger charge is -2.22. The highest BCUT2D eigenvalue weighted by Gasteiger charge is 2.18. The summed E-state index contributed by atoms with van der Waals surface area (Å²) < 4.78 is 5.38. The maximum atomic E-state index is 12.9. The number of carbonyl (C=O) groups excluding carboxylic acids is 2. The van der Waals surface area contributed by atoms with Crippen LogP contribution in [0.1, 0.15) is 16.9 Å². The second-order valence-electron chi connectivity index (χ2n) is 7.55. The zero-order valence-electron chi connectivity index (χ0n) is 17.5. The quantitative estimate of drug-likeness (QED) is 0.444. The summed E-state index contributed by atoms with van der Waals surface area (Å²) in [5.41, 5.74) is 1.53. The highest BCUT2D eigenvalue weighted by atomic mass is 16.3. The second-order valence-corrected chi connectivity index (χ2v) is 7.55. The number of nitrogens with one attached hydrogen (secondary N) is 1. The summed E-state index contributed by atoms with van der Waals surface area (Å²) in [6.07, 6.45) is 1.73. The SMILES string of the molecule is O=C(Cc1cccc2ccccc12)NCC(=O)N(Cc1ccco1)Cc1ccccc1O. The molecule has 1 aromatic heterocycles. The monoisotopic (exact) mass is 428 g/mol. The number of phenolic OH excluding ortho intramolecular Hbond substituents is 1. The normalized spacial score (nSPS) is 10.8. The molecule has 0 aliphatic heterocycles. The first-order chi connectivity index (χ1) is 15.6. The maximum Gasteiger partial charge on any atom is 0.242 e. The molecule has 0 atom stereocenters. The third-order valence-electron chi connectivity index (χ3n) is 5.30. The van der Waals surface area contributed by atoms with Gasteiger partial charge in [-0.05, 0) is 34.5 Å². The average molecular weight is 428 g/mol. The molecule has 1 heterocycles. The molecule has 0 radical (unpaired) electrons. The van der Waals surface area contributed by atoms with Crippen molar-refractivity contribution < 1.29 is 19.1 Å². The summed E-state index contributed by atoms with van der Waals surface area (Å²) in [6.45, 7) is 0.294. The Bertz CT molecular complexity index is 1210. The fourth-order valence-electron chi connectivity index (χ4n) is 3.64. The van der Waals surface area contributed by atoms with Gasteiger partial charge in [0.2, 0.25) is 11.8 Å². The second kappa shape index (κ2) is 9.83. The minimum atomic E-state index is -0.268. The van der Waals surface area contributed by atoms with Gasteiger partial charge in [-0.25, -0.2) is 0 Å². The minimum absolute atomic E-state index is 0.115. The van der Waals surface area contributed by atoms with Crippen molar-refractivity contribution in [3.63, 3.8) is 0 Å². The molecule has 2 amide bonds. The van der Waals surface area contributed by atoms with Crippen LogP contribution >= 0.6 is 0 Å². The molecule has 162 valence electrons. The van der Waals surface area contributed by atoms with Crippen LogP contribution in [-0.2, 0) is 29.1 Å². The van der Waals surface area contributed by atoms with E-state index in [1.165, 1.54) is 0 Å². The molecule has 32 heavy (non-hydrogen) atoms. The number of aromatic hydroxyl groups is 1. The van der Waals surface area contributed by atoms with Crippen molar-refractivity contribution in [1.82, 2.24) is 10.2 Å². The molecule has 6 nitrogen and oxygen atoms in total. The van der Waals surface area contributed by atoms with Crippen LogP contribution < -0.4 is 5.32 Å². The van der Waals surface area contributed by atoms with Crippen molar-refractivity contribution in [2.45, 2.75) is 19.5 Å². The highest BCUT2D eigenvalue weighted by molar-refractivity contribution is 5.91. The van der Waals surface area contributed by atoms with Gasteiger partial charge in [0.25, 0.3) is 0 Å². The number of benzene rings is 3. The van der Waals surface area contributed by atoms with Crippen LogP contribution in [0, 0.1) is 0 Å². The Kier molecular flexibility index (Phi) is 6.51. The molecule has 0 saturated heterocycles. The molecule has 2 N–H and O–H groups in total. The largest absolute Gasteiger partial charge is 0.508 e. The molecule has 0 fully saturated rings. The summed E-state index contributed by atoms with van der Waals surface area (Å²) in [7, 11) is 0. The molecule has 4 aromatic rings. The van der Waals surface area contributed by atoms with Gasteiger partial charge < -0.3 is 19.7 Å². The number of phenols is 1. The zero-order chi connectivity index (χ0) is 22.3. The van der Waals surface area contributed by atoms with Crippen LogP contribution in [0.2, 0.25) is 0 Å². The van der Waals surface area contributed by atoms with Crippen molar-refractivity contribution in [2.75, 3.05) is 6.54 Å². The number of furan rings is 1. The average Bonchev–Trinajstić information content (AvgIpc) is 3.32. The topological polar surface area (TPSA) is 82.8 Å². The van der Waals surface area contributed by atoms with E-state index in [1.54, 1.807) is 47.6 Å². The minimum Gasteiger partial charge on any atom is -0.508 e. The van der Waals surface area contributed by atoms with Gasteiger partial charge in [0.15, 0.2) is 0 Å². The molecule has 4 rings (SSSR count). The highest BCUT2D eigenvalue weighted by Crippen LogP contribution is 2.20. The lowest BCUT2D eigenvalue weighted by Crippen LogP contribution is -2.40. The summed E-state index contributed by atoms with van der Waals surface area (Å²) in [5.74, 6) is 0.242. The Morgan fingerprint density at radius 3 is 2.41 bits per heavy atom. The van der Waals surface area contributed by atoms with Crippen LogP contribution in [0.25, 0.3) is 10.8 Å². The molecule has 0 spiro atoms. The van der Waals surface area contributed by atoms with Crippen molar-refractivity contribution in [3.8, 4) is 5.75 Å². The molecule has 0 unspecified atom stereocenters. The van der Waals surface area contributed by atoms with Gasteiger partial charge in [0.1, 0.15) is 11.5 Å². The van der Waals surface area contributed by atoms with Gasteiger partial charge in [0, 0.05) is 12.1 Å². The Morgan fingerprint density at radius 1 is 0.844 bits per heavy atom. The summed E-state index contributed by atoms with van der Waals surface area (Å²) in [6, 6.07) is 24.2. The van der Waals surface area contributed by atoms with E-state index in [0.717, 1.165) is 16.3 Å². The van der Waals surface area contributed by atoms with Crippen molar-refractivity contribution >= 4 is 22.6 Å². The van der Waals surface area contributed by atoms with E-state index < -0.39 is 0 Å². The van der Waals surface area contributed by atoms with E-state index in [9.17, 15) is 14.7 Å². The third-order valence-corrected chi connectivity index (χ3v) is 5.30. The number of amides is 2. The molecule has 0 aliphatic rings. The van der Waals surface area contributed by atoms with Crippen molar-refractivity contribution in [1.29, 1.82) is 0 Å². The maximum absolute atomic E-state index is 12.9. The van der Waals surface area contributed by atoms with Gasteiger partial charge >= 0.3 is 0 Å². The van der Waals surface area contributed by atoms with Crippen LogP contribution in [0.5, 0.6) is 5.75 Å². The molecule has 3 aromatic carbocycles. The summed E-state index contributed by atoms with van der Waals surface area (Å²) >= 11 is 0. The van der Waals surface area contributed by atoms with Crippen LogP contribution in [0.4, 0.5) is 0 Å².